The van der Waals surface area contributed by atoms with Gasteiger partial charge >= 0.3 is 0 Å². The van der Waals surface area contributed by atoms with E-state index in [1.807, 2.05) is 6.08 Å². The molecule has 0 aliphatic carbocycles. The summed E-state index contributed by atoms with van der Waals surface area (Å²) < 4.78 is 0. The quantitative estimate of drug-likeness (QED) is 0.589. The van der Waals surface area contributed by atoms with Crippen LogP contribution in [0.2, 0.25) is 0 Å². The molecule has 66 valence electrons. The predicted octanol–water partition coefficient (Wildman–Crippen LogP) is 1.27. The van der Waals surface area contributed by atoms with Crippen LogP contribution >= 0.6 is 0 Å². The zero-order chi connectivity index (χ0) is 8.74. The van der Waals surface area contributed by atoms with Crippen LogP contribution in [0.25, 0.3) is 0 Å². The van der Waals surface area contributed by atoms with E-state index in [0.29, 0.717) is 6.54 Å². The van der Waals surface area contributed by atoms with Crippen molar-refractivity contribution in [3.63, 3.8) is 0 Å². The lowest BCUT2D eigenvalue weighted by molar-refractivity contribution is 0.424. The number of rotatable bonds is 5. The SMILES string of the molecule is CC(C)(C=CCN)CCCN. The third kappa shape index (κ3) is 6.07. The molecule has 0 aliphatic rings. The van der Waals surface area contributed by atoms with Crippen molar-refractivity contribution in [1.82, 2.24) is 0 Å². The zero-order valence-electron chi connectivity index (χ0n) is 7.64. The van der Waals surface area contributed by atoms with E-state index in [2.05, 4.69) is 19.9 Å². The molecule has 2 heteroatoms. The summed E-state index contributed by atoms with van der Waals surface area (Å²) in [5.74, 6) is 0. The molecule has 0 fully saturated rings. The molecule has 0 aromatic rings. The van der Waals surface area contributed by atoms with Crippen molar-refractivity contribution in [3.8, 4) is 0 Å². The lowest BCUT2D eigenvalue weighted by Gasteiger charge is -2.19. The molecule has 0 aromatic carbocycles. The number of allylic oxidation sites excluding steroid dienone is 1. The normalized spacial score (nSPS) is 12.7. The third-order valence-corrected chi connectivity index (χ3v) is 1.73. The summed E-state index contributed by atoms with van der Waals surface area (Å²) >= 11 is 0. The van der Waals surface area contributed by atoms with Crippen molar-refractivity contribution in [3.05, 3.63) is 12.2 Å². The first-order chi connectivity index (χ1) is 5.12. The fraction of sp³-hybridized carbons (Fsp3) is 0.778. The third-order valence-electron chi connectivity index (χ3n) is 1.73. The van der Waals surface area contributed by atoms with Gasteiger partial charge < -0.3 is 11.5 Å². The second-order valence-electron chi connectivity index (χ2n) is 3.52. The van der Waals surface area contributed by atoms with Gasteiger partial charge in [0.2, 0.25) is 0 Å². The molecule has 0 bridgehead atoms. The molecule has 0 heterocycles. The minimum Gasteiger partial charge on any atom is -0.330 e. The Morgan fingerprint density at radius 1 is 1.27 bits per heavy atom. The van der Waals surface area contributed by atoms with E-state index in [-0.39, 0.29) is 5.41 Å². The maximum Gasteiger partial charge on any atom is 0.0107 e. The van der Waals surface area contributed by atoms with E-state index in [0.717, 1.165) is 19.4 Å². The van der Waals surface area contributed by atoms with E-state index in [9.17, 15) is 0 Å². The van der Waals surface area contributed by atoms with Gasteiger partial charge in [0.05, 0.1) is 0 Å². The molecule has 4 N–H and O–H groups in total. The van der Waals surface area contributed by atoms with E-state index in [1.165, 1.54) is 0 Å². The fourth-order valence-electron chi connectivity index (χ4n) is 1.03. The molecule has 0 amide bonds. The maximum atomic E-state index is 5.42. The minimum atomic E-state index is 0.263. The molecule has 0 saturated heterocycles. The largest absolute Gasteiger partial charge is 0.330 e. The van der Waals surface area contributed by atoms with E-state index in [4.69, 9.17) is 11.5 Å². The molecule has 0 atom stereocenters. The smallest absolute Gasteiger partial charge is 0.0107 e. The predicted molar refractivity (Wildman–Crippen MR) is 50.3 cm³/mol. The van der Waals surface area contributed by atoms with Gasteiger partial charge in [0.25, 0.3) is 0 Å². The van der Waals surface area contributed by atoms with Crippen molar-refractivity contribution < 1.29 is 0 Å². The number of hydrogen-bond donors (Lipinski definition) is 2. The monoisotopic (exact) mass is 156 g/mol. The average Bonchev–Trinajstić information content (AvgIpc) is 1.97. The van der Waals surface area contributed by atoms with E-state index < -0.39 is 0 Å². The first-order valence-electron chi connectivity index (χ1n) is 4.20. The second-order valence-corrected chi connectivity index (χ2v) is 3.52. The Hall–Kier alpha value is -0.340. The Labute approximate surface area is 69.6 Å². The maximum absolute atomic E-state index is 5.42. The molecular formula is C9H20N2. The Kier molecular flexibility index (Phi) is 5.16. The topological polar surface area (TPSA) is 52.0 Å². The van der Waals surface area contributed by atoms with Gasteiger partial charge in [-0.15, -0.1) is 0 Å². The van der Waals surface area contributed by atoms with Crippen molar-refractivity contribution >= 4 is 0 Å². The molecule has 2 nitrogen and oxygen atoms in total. The van der Waals surface area contributed by atoms with E-state index >= 15 is 0 Å². The fourth-order valence-corrected chi connectivity index (χ4v) is 1.03. The zero-order valence-corrected chi connectivity index (χ0v) is 7.64. The van der Waals surface area contributed by atoms with Gasteiger partial charge in [-0.1, -0.05) is 26.0 Å². The molecule has 0 saturated carbocycles. The Bertz CT molecular complexity index is 117. The minimum absolute atomic E-state index is 0.263. The van der Waals surface area contributed by atoms with Crippen LogP contribution in [0.4, 0.5) is 0 Å². The molecule has 0 rings (SSSR count). The van der Waals surface area contributed by atoms with Crippen LogP contribution in [0, 0.1) is 5.41 Å². The summed E-state index contributed by atoms with van der Waals surface area (Å²) in [6.07, 6.45) is 6.40. The van der Waals surface area contributed by atoms with Gasteiger partial charge in [0, 0.05) is 6.54 Å². The van der Waals surface area contributed by atoms with Gasteiger partial charge in [-0.2, -0.15) is 0 Å². The molecular weight excluding hydrogens is 136 g/mol. The summed E-state index contributed by atoms with van der Waals surface area (Å²) in [4.78, 5) is 0. The van der Waals surface area contributed by atoms with Crippen molar-refractivity contribution in [1.29, 1.82) is 0 Å². The van der Waals surface area contributed by atoms with Crippen LogP contribution in [0.5, 0.6) is 0 Å². The van der Waals surface area contributed by atoms with Crippen LogP contribution < -0.4 is 11.5 Å². The van der Waals surface area contributed by atoms with Gasteiger partial charge in [0.15, 0.2) is 0 Å². The van der Waals surface area contributed by atoms with Crippen LogP contribution in [-0.2, 0) is 0 Å². The van der Waals surface area contributed by atoms with Crippen molar-refractivity contribution in [2.45, 2.75) is 26.7 Å². The summed E-state index contributed by atoms with van der Waals surface area (Å²) in [5, 5.41) is 0. The lowest BCUT2D eigenvalue weighted by Crippen LogP contribution is -2.11. The number of hydrogen-bond acceptors (Lipinski definition) is 2. The lowest BCUT2D eigenvalue weighted by atomic mass is 9.87. The first kappa shape index (κ1) is 10.7. The Morgan fingerprint density at radius 2 is 1.91 bits per heavy atom. The van der Waals surface area contributed by atoms with Crippen LogP contribution in [0.3, 0.4) is 0 Å². The highest BCUT2D eigenvalue weighted by Gasteiger charge is 2.11. The molecule has 0 aromatic heterocycles. The second kappa shape index (κ2) is 5.33. The highest BCUT2D eigenvalue weighted by molar-refractivity contribution is 4.95. The van der Waals surface area contributed by atoms with Gasteiger partial charge in [-0.05, 0) is 24.8 Å². The summed E-state index contributed by atoms with van der Waals surface area (Å²) in [6.45, 7) is 5.82. The molecule has 0 spiro atoms. The molecule has 11 heavy (non-hydrogen) atoms. The van der Waals surface area contributed by atoms with Crippen LogP contribution in [0.1, 0.15) is 26.7 Å². The molecule has 0 unspecified atom stereocenters. The number of nitrogens with two attached hydrogens (primary N) is 2. The van der Waals surface area contributed by atoms with E-state index in [1.54, 1.807) is 0 Å². The summed E-state index contributed by atoms with van der Waals surface area (Å²) in [5.41, 5.74) is 11.0. The van der Waals surface area contributed by atoms with Gasteiger partial charge in [-0.3, -0.25) is 0 Å². The Morgan fingerprint density at radius 3 is 2.36 bits per heavy atom. The standard InChI is InChI=1S/C9H20N2/c1-9(2,5-3-7-10)6-4-8-11/h3,5H,4,6-8,10-11H2,1-2H3. The van der Waals surface area contributed by atoms with Crippen molar-refractivity contribution in [2.75, 3.05) is 13.1 Å². The highest BCUT2D eigenvalue weighted by atomic mass is 14.5. The summed E-state index contributed by atoms with van der Waals surface area (Å²) in [6, 6.07) is 0. The van der Waals surface area contributed by atoms with Crippen molar-refractivity contribution in [2.24, 2.45) is 16.9 Å². The van der Waals surface area contributed by atoms with Crippen LogP contribution in [-0.4, -0.2) is 13.1 Å². The molecule has 0 aliphatic heterocycles. The van der Waals surface area contributed by atoms with Gasteiger partial charge in [0.1, 0.15) is 0 Å². The average molecular weight is 156 g/mol. The Balaban J connectivity index is 3.69. The summed E-state index contributed by atoms with van der Waals surface area (Å²) in [7, 11) is 0. The van der Waals surface area contributed by atoms with Crippen LogP contribution in [0.15, 0.2) is 12.2 Å². The van der Waals surface area contributed by atoms with Gasteiger partial charge in [-0.25, -0.2) is 0 Å². The highest BCUT2D eigenvalue weighted by Crippen LogP contribution is 2.23. The molecule has 0 radical (unpaired) electrons. The first-order valence-corrected chi connectivity index (χ1v) is 4.20.